The molecule has 0 radical (unpaired) electrons. The van der Waals surface area contributed by atoms with Gasteiger partial charge in [-0.05, 0) is 37.8 Å². The minimum Gasteiger partial charge on any atom is -0.378 e. The van der Waals surface area contributed by atoms with Crippen molar-refractivity contribution in [3.8, 4) is 0 Å². The van der Waals surface area contributed by atoms with Gasteiger partial charge >= 0.3 is 0 Å². The number of ether oxygens (including phenoxy) is 1. The fourth-order valence-corrected chi connectivity index (χ4v) is 3.87. The van der Waals surface area contributed by atoms with E-state index < -0.39 is 0 Å². The lowest BCUT2D eigenvalue weighted by Gasteiger charge is -2.30. The maximum absolute atomic E-state index is 13.1. The summed E-state index contributed by atoms with van der Waals surface area (Å²) in [7, 11) is 0. The normalized spacial score (nSPS) is 17.4. The predicted octanol–water partition coefficient (Wildman–Crippen LogP) is 3.30. The first kappa shape index (κ1) is 20.3. The lowest BCUT2D eigenvalue weighted by Crippen LogP contribution is -2.38. The van der Waals surface area contributed by atoms with Gasteiger partial charge in [-0.15, -0.1) is 0 Å². The number of piperidine rings is 1. The van der Waals surface area contributed by atoms with Crippen molar-refractivity contribution in [2.75, 3.05) is 49.7 Å². The SMILES string of the molecule is Cc1cccc(C=NNc2cc(N3CCOCC3)cc(C(=O)N3CCCCC3)n2)c1. The number of nitrogens with one attached hydrogen (secondary N) is 1. The van der Waals surface area contributed by atoms with Crippen LogP contribution in [0, 0.1) is 6.92 Å². The Balaban J connectivity index is 1.57. The van der Waals surface area contributed by atoms with Crippen molar-refractivity contribution in [2.45, 2.75) is 26.2 Å². The van der Waals surface area contributed by atoms with Crippen LogP contribution in [0.2, 0.25) is 0 Å². The van der Waals surface area contributed by atoms with Crippen molar-refractivity contribution in [3.63, 3.8) is 0 Å². The molecule has 4 rings (SSSR count). The van der Waals surface area contributed by atoms with E-state index in [2.05, 4.69) is 39.5 Å². The Morgan fingerprint density at radius 3 is 2.67 bits per heavy atom. The minimum absolute atomic E-state index is 0.00415. The summed E-state index contributed by atoms with van der Waals surface area (Å²) in [5, 5.41) is 4.35. The smallest absolute Gasteiger partial charge is 0.272 e. The van der Waals surface area contributed by atoms with Crippen LogP contribution in [0.4, 0.5) is 11.5 Å². The third kappa shape index (κ3) is 5.16. The van der Waals surface area contributed by atoms with Crippen LogP contribution >= 0.6 is 0 Å². The number of aromatic nitrogens is 1. The monoisotopic (exact) mass is 407 g/mol. The van der Waals surface area contributed by atoms with E-state index in [1.165, 1.54) is 12.0 Å². The molecule has 2 saturated heterocycles. The van der Waals surface area contributed by atoms with E-state index in [0.29, 0.717) is 24.7 Å². The Morgan fingerprint density at radius 2 is 1.90 bits per heavy atom. The summed E-state index contributed by atoms with van der Waals surface area (Å²) in [6.07, 6.45) is 5.06. The zero-order valence-corrected chi connectivity index (χ0v) is 17.5. The third-order valence-corrected chi connectivity index (χ3v) is 5.48. The summed E-state index contributed by atoms with van der Waals surface area (Å²) in [6.45, 7) is 6.63. The van der Waals surface area contributed by atoms with Gasteiger partial charge in [0.05, 0.1) is 19.4 Å². The van der Waals surface area contributed by atoms with Crippen LogP contribution in [-0.2, 0) is 4.74 Å². The molecule has 1 amide bonds. The zero-order valence-electron chi connectivity index (χ0n) is 17.5. The molecule has 1 aromatic carbocycles. The first-order chi connectivity index (χ1) is 14.7. The summed E-state index contributed by atoms with van der Waals surface area (Å²) in [5.41, 5.74) is 6.65. The molecule has 30 heavy (non-hydrogen) atoms. The third-order valence-electron chi connectivity index (χ3n) is 5.48. The topological polar surface area (TPSA) is 70.1 Å². The second-order valence-corrected chi connectivity index (χ2v) is 7.83. The molecular weight excluding hydrogens is 378 g/mol. The van der Waals surface area contributed by atoms with E-state index in [1.54, 1.807) is 6.21 Å². The fraction of sp³-hybridized carbons (Fsp3) is 0.435. The molecule has 2 fully saturated rings. The van der Waals surface area contributed by atoms with Gasteiger partial charge < -0.3 is 14.5 Å². The maximum atomic E-state index is 13.1. The zero-order chi connectivity index (χ0) is 20.8. The van der Waals surface area contributed by atoms with Crippen LogP contribution in [0.3, 0.4) is 0 Å². The van der Waals surface area contributed by atoms with Gasteiger partial charge in [-0.25, -0.2) is 4.98 Å². The van der Waals surface area contributed by atoms with Crippen LogP contribution in [0.25, 0.3) is 0 Å². The average molecular weight is 408 g/mol. The number of hydrogen-bond acceptors (Lipinski definition) is 6. The molecule has 0 bridgehead atoms. The van der Waals surface area contributed by atoms with Gasteiger partial charge in [-0.2, -0.15) is 5.10 Å². The van der Waals surface area contributed by atoms with Gasteiger partial charge in [0.2, 0.25) is 0 Å². The lowest BCUT2D eigenvalue weighted by atomic mass is 10.1. The summed E-state index contributed by atoms with van der Waals surface area (Å²) in [5.74, 6) is 0.568. The van der Waals surface area contributed by atoms with Gasteiger partial charge in [-0.3, -0.25) is 10.2 Å². The first-order valence-electron chi connectivity index (χ1n) is 10.7. The van der Waals surface area contributed by atoms with Gasteiger partial charge in [0.25, 0.3) is 5.91 Å². The van der Waals surface area contributed by atoms with Crippen molar-refractivity contribution in [1.29, 1.82) is 0 Å². The number of hydrogen-bond donors (Lipinski definition) is 1. The summed E-state index contributed by atoms with van der Waals surface area (Å²) in [6, 6.07) is 12.0. The summed E-state index contributed by atoms with van der Waals surface area (Å²) < 4.78 is 5.48. The number of likely N-dealkylation sites (tertiary alicyclic amines) is 1. The predicted molar refractivity (Wildman–Crippen MR) is 119 cm³/mol. The molecule has 0 saturated carbocycles. The summed E-state index contributed by atoms with van der Waals surface area (Å²) >= 11 is 0. The molecule has 7 nitrogen and oxygen atoms in total. The highest BCUT2D eigenvalue weighted by atomic mass is 16.5. The highest BCUT2D eigenvalue weighted by molar-refractivity contribution is 5.94. The highest BCUT2D eigenvalue weighted by Crippen LogP contribution is 2.23. The van der Waals surface area contributed by atoms with Crippen LogP contribution in [-0.4, -0.2) is 61.4 Å². The summed E-state index contributed by atoms with van der Waals surface area (Å²) in [4.78, 5) is 21.8. The van der Waals surface area contributed by atoms with Crippen molar-refractivity contribution < 1.29 is 9.53 Å². The first-order valence-corrected chi connectivity index (χ1v) is 10.7. The number of anilines is 2. The van der Waals surface area contributed by atoms with Crippen molar-refractivity contribution in [1.82, 2.24) is 9.88 Å². The van der Waals surface area contributed by atoms with Gasteiger partial charge in [0.1, 0.15) is 11.5 Å². The van der Waals surface area contributed by atoms with Gasteiger partial charge in [0, 0.05) is 37.9 Å². The second kappa shape index (κ2) is 9.71. The lowest BCUT2D eigenvalue weighted by molar-refractivity contribution is 0.0718. The molecule has 1 aromatic heterocycles. The van der Waals surface area contributed by atoms with E-state index in [0.717, 1.165) is 50.3 Å². The van der Waals surface area contributed by atoms with Crippen LogP contribution in [0.15, 0.2) is 41.5 Å². The van der Waals surface area contributed by atoms with Crippen molar-refractivity contribution >= 4 is 23.6 Å². The van der Waals surface area contributed by atoms with E-state index in [4.69, 9.17) is 4.74 Å². The molecule has 2 aliphatic heterocycles. The van der Waals surface area contributed by atoms with E-state index in [1.807, 2.05) is 29.2 Å². The minimum atomic E-state index is -0.00415. The highest BCUT2D eigenvalue weighted by Gasteiger charge is 2.22. The fourth-order valence-electron chi connectivity index (χ4n) is 3.87. The van der Waals surface area contributed by atoms with Gasteiger partial charge in [0.15, 0.2) is 0 Å². The standard InChI is InChI=1S/C23H29N5O2/c1-18-6-5-7-19(14-18)17-24-26-22-16-20(27-10-12-30-13-11-27)15-21(25-22)23(29)28-8-3-2-4-9-28/h5-7,14-17H,2-4,8-13H2,1H3,(H,25,26). The second-order valence-electron chi connectivity index (χ2n) is 7.83. The van der Waals surface area contributed by atoms with E-state index in [-0.39, 0.29) is 5.91 Å². The number of aryl methyl sites for hydroxylation is 1. The van der Waals surface area contributed by atoms with Crippen LogP contribution < -0.4 is 10.3 Å². The molecule has 0 spiro atoms. The number of nitrogens with zero attached hydrogens (tertiary/aromatic N) is 4. The van der Waals surface area contributed by atoms with Crippen LogP contribution in [0.1, 0.15) is 40.9 Å². The Labute approximate surface area is 177 Å². The van der Waals surface area contributed by atoms with Gasteiger partial charge in [-0.1, -0.05) is 29.8 Å². The molecule has 2 aliphatic rings. The Kier molecular flexibility index (Phi) is 6.59. The van der Waals surface area contributed by atoms with Crippen molar-refractivity contribution in [2.24, 2.45) is 5.10 Å². The van der Waals surface area contributed by atoms with E-state index in [9.17, 15) is 4.79 Å². The Hall–Kier alpha value is -2.93. The molecule has 0 atom stereocenters. The van der Waals surface area contributed by atoms with Crippen LogP contribution in [0.5, 0.6) is 0 Å². The number of morpholine rings is 1. The molecule has 158 valence electrons. The van der Waals surface area contributed by atoms with E-state index >= 15 is 0 Å². The molecule has 1 N–H and O–H groups in total. The largest absolute Gasteiger partial charge is 0.378 e. The number of carbonyl (C=O) groups excluding carboxylic acids is 1. The maximum Gasteiger partial charge on any atom is 0.272 e. The number of rotatable bonds is 5. The molecule has 0 aliphatic carbocycles. The molecule has 2 aromatic rings. The number of pyridine rings is 1. The Morgan fingerprint density at radius 1 is 1.10 bits per heavy atom. The number of hydrazone groups is 1. The Bertz CT molecular complexity index is 902. The molecule has 3 heterocycles. The molecular formula is C23H29N5O2. The number of amides is 1. The molecule has 0 unspecified atom stereocenters. The molecule has 7 heteroatoms. The quantitative estimate of drug-likeness (QED) is 0.608. The average Bonchev–Trinajstić information content (AvgIpc) is 2.80. The van der Waals surface area contributed by atoms with Crippen molar-refractivity contribution in [3.05, 3.63) is 53.2 Å². The number of carbonyl (C=O) groups is 1. The number of benzene rings is 1.